The molecule has 1 aliphatic heterocycles. The van der Waals surface area contributed by atoms with Crippen molar-refractivity contribution in [1.82, 2.24) is 5.32 Å². The number of esters is 1. The Balaban J connectivity index is 1.53. The van der Waals surface area contributed by atoms with E-state index in [2.05, 4.69) is 46.7 Å². The minimum atomic E-state index is -0.451. The summed E-state index contributed by atoms with van der Waals surface area (Å²) >= 11 is 11.5. The van der Waals surface area contributed by atoms with Crippen LogP contribution < -0.4 is 15.5 Å². The number of halogens is 1. The molecule has 1 aliphatic rings. The summed E-state index contributed by atoms with van der Waals surface area (Å²) in [5.41, 5.74) is 3.42. The predicted octanol–water partition coefficient (Wildman–Crippen LogP) is 5.24. The molecule has 3 rings (SSSR count). The molecule has 1 fully saturated rings. The number of thiocarbonyl (C=S) groups is 1. The van der Waals surface area contributed by atoms with Crippen LogP contribution in [-0.4, -0.2) is 30.8 Å². The van der Waals surface area contributed by atoms with Crippen molar-refractivity contribution in [3.63, 3.8) is 0 Å². The second kappa shape index (κ2) is 10.6. The van der Waals surface area contributed by atoms with E-state index in [1.54, 1.807) is 25.1 Å². The Morgan fingerprint density at radius 3 is 2.73 bits per heavy atom. The number of nitrogens with zero attached hydrogens (tertiary/aromatic N) is 1. The van der Waals surface area contributed by atoms with Crippen LogP contribution in [0.4, 0.5) is 11.4 Å². The number of benzene rings is 2. The fourth-order valence-electron chi connectivity index (χ4n) is 3.57. The lowest BCUT2D eigenvalue weighted by Crippen LogP contribution is -2.34. The van der Waals surface area contributed by atoms with Gasteiger partial charge in [0.2, 0.25) is 0 Å². The molecule has 0 aromatic heterocycles. The van der Waals surface area contributed by atoms with Crippen LogP contribution in [0.2, 0.25) is 5.02 Å². The van der Waals surface area contributed by atoms with Crippen molar-refractivity contribution in [1.29, 1.82) is 0 Å². The molecule has 0 bridgehead atoms. The SMILES string of the molecule is CCOC(=O)c1cc(NC(=S)NCc2ccc(N3CCC[C@@H](C)C3)cc2)ccc1Cl. The van der Waals surface area contributed by atoms with E-state index in [4.69, 9.17) is 28.6 Å². The van der Waals surface area contributed by atoms with E-state index >= 15 is 0 Å². The van der Waals surface area contributed by atoms with Crippen LogP contribution in [0.25, 0.3) is 0 Å². The summed E-state index contributed by atoms with van der Waals surface area (Å²) in [7, 11) is 0. The molecule has 0 unspecified atom stereocenters. The Bertz CT molecular complexity index is 889. The molecule has 160 valence electrons. The van der Waals surface area contributed by atoms with Crippen LogP contribution in [0.5, 0.6) is 0 Å². The van der Waals surface area contributed by atoms with Gasteiger partial charge in [0.15, 0.2) is 5.11 Å². The van der Waals surface area contributed by atoms with Crippen LogP contribution in [0.3, 0.4) is 0 Å². The maximum absolute atomic E-state index is 12.0. The topological polar surface area (TPSA) is 53.6 Å². The summed E-state index contributed by atoms with van der Waals surface area (Å²) < 4.78 is 5.03. The van der Waals surface area contributed by atoms with Gasteiger partial charge in [0.1, 0.15) is 0 Å². The first kappa shape index (κ1) is 22.4. The Labute approximate surface area is 188 Å². The Kier molecular flexibility index (Phi) is 7.94. The molecule has 30 heavy (non-hydrogen) atoms. The van der Waals surface area contributed by atoms with E-state index in [1.807, 2.05) is 0 Å². The molecule has 7 heteroatoms. The third kappa shape index (κ3) is 6.09. The lowest BCUT2D eigenvalue weighted by atomic mass is 9.99. The summed E-state index contributed by atoms with van der Waals surface area (Å²) in [5.74, 6) is 0.300. The number of anilines is 2. The van der Waals surface area contributed by atoms with E-state index < -0.39 is 5.97 Å². The molecule has 2 N–H and O–H groups in total. The largest absolute Gasteiger partial charge is 0.462 e. The van der Waals surface area contributed by atoms with Crippen molar-refractivity contribution in [2.24, 2.45) is 5.92 Å². The number of nitrogens with one attached hydrogen (secondary N) is 2. The van der Waals surface area contributed by atoms with Crippen LogP contribution in [0.1, 0.15) is 42.6 Å². The first-order chi connectivity index (χ1) is 14.5. The molecule has 2 aromatic rings. The Morgan fingerprint density at radius 2 is 2.03 bits per heavy atom. The van der Waals surface area contributed by atoms with Gasteiger partial charge in [0.05, 0.1) is 17.2 Å². The lowest BCUT2D eigenvalue weighted by molar-refractivity contribution is 0.0526. The minimum absolute atomic E-state index is 0.294. The van der Waals surface area contributed by atoms with Crippen LogP contribution in [-0.2, 0) is 11.3 Å². The molecular formula is C23H28ClN3O2S. The van der Waals surface area contributed by atoms with Gasteiger partial charge in [-0.05, 0) is 73.8 Å². The molecule has 0 spiro atoms. The first-order valence-corrected chi connectivity index (χ1v) is 11.1. The summed E-state index contributed by atoms with van der Waals surface area (Å²) in [4.78, 5) is 14.4. The fraction of sp³-hybridized carbons (Fsp3) is 0.391. The smallest absolute Gasteiger partial charge is 0.339 e. The highest BCUT2D eigenvalue weighted by Crippen LogP contribution is 2.24. The van der Waals surface area contributed by atoms with Crippen molar-refractivity contribution in [3.8, 4) is 0 Å². The molecule has 0 amide bonds. The first-order valence-electron chi connectivity index (χ1n) is 10.3. The highest BCUT2D eigenvalue weighted by Gasteiger charge is 2.16. The molecule has 5 nitrogen and oxygen atoms in total. The summed E-state index contributed by atoms with van der Waals surface area (Å²) in [6.45, 7) is 7.23. The zero-order chi connectivity index (χ0) is 21.5. The van der Waals surface area contributed by atoms with Gasteiger partial charge in [-0.3, -0.25) is 0 Å². The van der Waals surface area contributed by atoms with Crippen molar-refractivity contribution in [2.75, 3.05) is 29.9 Å². The maximum Gasteiger partial charge on any atom is 0.339 e. The number of ether oxygens (including phenoxy) is 1. The predicted molar refractivity (Wildman–Crippen MR) is 128 cm³/mol. The van der Waals surface area contributed by atoms with Gasteiger partial charge in [0.25, 0.3) is 0 Å². The second-order valence-electron chi connectivity index (χ2n) is 7.58. The number of hydrogen-bond donors (Lipinski definition) is 2. The number of carbonyl (C=O) groups is 1. The van der Waals surface area contributed by atoms with Gasteiger partial charge in [-0.2, -0.15) is 0 Å². The zero-order valence-electron chi connectivity index (χ0n) is 17.4. The highest BCUT2D eigenvalue weighted by atomic mass is 35.5. The molecule has 1 heterocycles. The van der Waals surface area contributed by atoms with E-state index in [0.717, 1.165) is 24.6 Å². The van der Waals surface area contributed by atoms with Gasteiger partial charge >= 0.3 is 5.97 Å². The van der Waals surface area contributed by atoms with Crippen molar-refractivity contribution in [3.05, 3.63) is 58.6 Å². The van der Waals surface area contributed by atoms with Crippen LogP contribution >= 0.6 is 23.8 Å². The van der Waals surface area contributed by atoms with E-state index in [0.29, 0.717) is 34.5 Å². The molecule has 0 aliphatic carbocycles. The maximum atomic E-state index is 12.0. The number of rotatable bonds is 6. The fourth-order valence-corrected chi connectivity index (χ4v) is 3.96. The van der Waals surface area contributed by atoms with Crippen molar-refractivity contribution in [2.45, 2.75) is 33.2 Å². The number of hydrogen-bond acceptors (Lipinski definition) is 4. The van der Waals surface area contributed by atoms with Gasteiger partial charge in [-0.25, -0.2) is 4.79 Å². The number of carbonyl (C=O) groups excluding carboxylic acids is 1. The lowest BCUT2D eigenvalue weighted by Gasteiger charge is -2.32. The summed E-state index contributed by atoms with van der Waals surface area (Å²) in [5, 5.41) is 7.11. The minimum Gasteiger partial charge on any atom is -0.462 e. The Morgan fingerprint density at radius 1 is 1.27 bits per heavy atom. The number of piperidine rings is 1. The molecule has 0 radical (unpaired) electrons. The molecule has 1 atom stereocenters. The third-order valence-corrected chi connectivity index (χ3v) is 5.71. The second-order valence-corrected chi connectivity index (χ2v) is 8.40. The molecule has 2 aromatic carbocycles. The normalized spacial score (nSPS) is 16.1. The van der Waals surface area contributed by atoms with Crippen LogP contribution in [0.15, 0.2) is 42.5 Å². The molecular weight excluding hydrogens is 418 g/mol. The zero-order valence-corrected chi connectivity index (χ0v) is 19.0. The average Bonchev–Trinajstić information content (AvgIpc) is 2.74. The molecule has 1 saturated heterocycles. The van der Waals surface area contributed by atoms with E-state index in [9.17, 15) is 4.79 Å². The highest BCUT2D eigenvalue weighted by molar-refractivity contribution is 7.80. The summed E-state index contributed by atoms with van der Waals surface area (Å²) in [6.07, 6.45) is 2.57. The van der Waals surface area contributed by atoms with Crippen LogP contribution in [0, 0.1) is 5.92 Å². The van der Waals surface area contributed by atoms with Gasteiger partial charge in [-0.1, -0.05) is 30.7 Å². The van der Waals surface area contributed by atoms with Gasteiger partial charge in [-0.15, -0.1) is 0 Å². The quantitative estimate of drug-likeness (QED) is 0.468. The third-order valence-electron chi connectivity index (χ3n) is 5.13. The van der Waals surface area contributed by atoms with E-state index in [1.165, 1.54) is 18.5 Å². The van der Waals surface area contributed by atoms with Crippen molar-refractivity contribution < 1.29 is 9.53 Å². The van der Waals surface area contributed by atoms with Gasteiger partial charge < -0.3 is 20.3 Å². The van der Waals surface area contributed by atoms with Crippen molar-refractivity contribution >= 4 is 46.3 Å². The molecule has 0 saturated carbocycles. The standard InChI is InChI=1S/C23H28ClN3O2S/c1-3-29-22(28)20-13-18(8-11-21(20)24)26-23(30)25-14-17-6-9-19(10-7-17)27-12-4-5-16(2)15-27/h6-11,13,16H,3-5,12,14-15H2,1-2H3,(H2,25,26,30)/t16-/m1/s1. The average molecular weight is 446 g/mol. The Hall–Kier alpha value is -2.31. The van der Waals surface area contributed by atoms with Gasteiger partial charge in [0, 0.05) is 31.0 Å². The monoisotopic (exact) mass is 445 g/mol. The summed E-state index contributed by atoms with van der Waals surface area (Å²) in [6, 6.07) is 13.7. The van der Waals surface area contributed by atoms with E-state index in [-0.39, 0.29) is 0 Å².